The number of guanidine groups is 1. The highest BCUT2D eigenvalue weighted by molar-refractivity contribution is 7.89. The topological polar surface area (TPSA) is 86.7 Å². The van der Waals surface area contributed by atoms with E-state index >= 15 is 0 Å². The fraction of sp³-hybridized carbons (Fsp3) is 0.474. The van der Waals surface area contributed by atoms with Gasteiger partial charge in [-0.1, -0.05) is 18.2 Å². The molecule has 0 radical (unpaired) electrons. The van der Waals surface area contributed by atoms with Crippen molar-refractivity contribution in [3.05, 3.63) is 45.4 Å². The van der Waals surface area contributed by atoms with Crippen molar-refractivity contribution < 1.29 is 8.42 Å². The van der Waals surface area contributed by atoms with Crippen LogP contribution in [0.4, 0.5) is 0 Å². The van der Waals surface area contributed by atoms with Crippen molar-refractivity contribution in [3.63, 3.8) is 0 Å². The molecule has 2 rings (SSSR count). The van der Waals surface area contributed by atoms with Crippen molar-refractivity contribution in [2.24, 2.45) is 4.99 Å². The Balaban J connectivity index is 2.08. The molecule has 1 aromatic heterocycles. The molecule has 28 heavy (non-hydrogen) atoms. The molecule has 1 heterocycles. The van der Waals surface area contributed by atoms with Crippen LogP contribution in [-0.4, -0.2) is 50.9 Å². The van der Waals surface area contributed by atoms with Crippen molar-refractivity contribution in [1.82, 2.24) is 19.9 Å². The maximum atomic E-state index is 12.5. The smallest absolute Gasteiger partial charge is 0.242 e. The molecule has 0 fully saturated rings. The van der Waals surface area contributed by atoms with E-state index in [1.165, 1.54) is 23.3 Å². The molecule has 0 aliphatic carbocycles. The Morgan fingerprint density at radius 3 is 2.54 bits per heavy atom. The van der Waals surface area contributed by atoms with Gasteiger partial charge in [0.1, 0.15) is 0 Å². The molecular formula is C19H29N5O2S2. The lowest BCUT2D eigenvalue weighted by Gasteiger charge is -2.15. The van der Waals surface area contributed by atoms with Gasteiger partial charge in [0.05, 0.1) is 22.1 Å². The van der Waals surface area contributed by atoms with Crippen molar-refractivity contribution in [2.75, 3.05) is 27.2 Å². The number of aryl methyl sites for hydroxylation is 2. The van der Waals surface area contributed by atoms with Crippen molar-refractivity contribution in [1.29, 1.82) is 0 Å². The first-order valence-corrected chi connectivity index (χ1v) is 11.5. The normalized spacial score (nSPS) is 12.4. The Bertz CT molecular complexity index is 901. The zero-order valence-electron chi connectivity index (χ0n) is 17.1. The van der Waals surface area contributed by atoms with Crippen LogP contribution in [-0.2, 0) is 23.0 Å². The van der Waals surface area contributed by atoms with E-state index in [2.05, 4.69) is 27.5 Å². The molecule has 154 valence electrons. The molecule has 2 aromatic rings. The summed E-state index contributed by atoms with van der Waals surface area (Å²) in [7, 11) is -0.445. The molecule has 0 amide bonds. The third-order valence-corrected chi connectivity index (χ3v) is 7.24. The molecular weight excluding hydrogens is 394 g/mol. The van der Waals surface area contributed by atoms with Crippen molar-refractivity contribution in [2.45, 2.75) is 38.6 Å². The van der Waals surface area contributed by atoms with Gasteiger partial charge in [-0.05, 0) is 32.4 Å². The highest BCUT2D eigenvalue weighted by atomic mass is 32.2. The van der Waals surface area contributed by atoms with Gasteiger partial charge >= 0.3 is 0 Å². The third kappa shape index (κ3) is 5.76. The van der Waals surface area contributed by atoms with Crippen LogP contribution in [0.2, 0.25) is 0 Å². The minimum atomic E-state index is -3.51. The van der Waals surface area contributed by atoms with Gasteiger partial charge in [0, 0.05) is 38.5 Å². The zero-order valence-corrected chi connectivity index (χ0v) is 18.7. The molecule has 0 spiro atoms. The predicted molar refractivity (Wildman–Crippen MR) is 115 cm³/mol. The number of sulfonamides is 1. The first kappa shape index (κ1) is 22.3. The fourth-order valence-corrected chi connectivity index (χ4v) is 4.56. The maximum absolute atomic E-state index is 12.5. The Hall–Kier alpha value is -1.97. The second-order valence-corrected chi connectivity index (χ2v) is 9.92. The molecule has 7 nitrogen and oxygen atoms in total. The number of aliphatic imine (C=N–C) groups is 1. The van der Waals surface area contributed by atoms with Crippen LogP contribution in [0.5, 0.6) is 0 Å². The Morgan fingerprint density at radius 2 is 1.93 bits per heavy atom. The molecule has 0 saturated heterocycles. The first-order valence-electron chi connectivity index (χ1n) is 9.21. The highest BCUT2D eigenvalue weighted by Gasteiger charge is 2.20. The molecule has 0 aliphatic rings. The molecule has 0 saturated carbocycles. The molecule has 0 unspecified atom stereocenters. The number of hydrogen-bond donors (Lipinski definition) is 2. The van der Waals surface area contributed by atoms with Crippen LogP contribution in [0, 0.1) is 13.8 Å². The average Bonchev–Trinajstić information content (AvgIpc) is 2.97. The SMILES string of the molecule is CCNC(=NCc1ccccc1S(=O)(=O)N(C)C)NCCc1nc(C)c(C)s1. The summed E-state index contributed by atoms with van der Waals surface area (Å²) in [5.41, 5.74) is 1.75. The minimum Gasteiger partial charge on any atom is -0.357 e. The van der Waals surface area contributed by atoms with Crippen LogP contribution in [0.1, 0.15) is 28.1 Å². The summed E-state index contributed by atoms with van der Waals surface area (Å²) in [5.74, 6) is 0.657. The molecule has 0 bridgehead atoms. The van der Waals surface area contributed by atoms with E-state index in [0.717, 1.165) is 23.7 Å². The second-order valence-electron chi connectivity index (χ2n) is 6.52. The zero-order chi connectivity index (χ0) is 20.7. The van der Waals surface area contributed by atoms with Gasteiger partial charge in [-0.3, -0.25) is 0 Å². The van der Waals surface area contributed by atoms with Crippen LogP contribution in [0.15, 0.2) is 34.2 Å². The summed E-state index contributed by atoms with van der Waals surface area (Å²) in [6, 6.07) is 6.97. The Labute approximate surface area is 172 Å². The van der Waals surface area contributed by atoms with E-state index in [-0.39, 0.29) is 11.4 Å². The van der Waals surface area contributed by atoms with Crippen LogP contribution in [0.3, 0.4) is 0 Å². The van der Waals surface area contributed by atoms with Crippen molar-refractivity contribution in [3.8, 4) is 0 Å². The molecule has 0 atom stereocenters. The molecule has 0 aliphatic heterocycles. The largest absolute Gasteiger partial charge is 0.357 e. The summed E-state index contributed by atoms with van der Waals surface area (Å²) in [6.07, 6.45) is 0.815. The van der Waals surface area contributed by atoms with E-state index in [4.69, 9.17) is 0 Å². The lowest BCUT2D eigenvalue weighted by molar-refractivity contribution is 0.519. The first-order chi connectivity index (χ1) is 13.3. The minimum absolute atomic E-state index is 0.272. The number of nitrogens with one attached hydrogen (secondary N) is 2. The number of thiazole rings is 1. The van der Waals surface area contributed by atoms with Gasteiger partial charge in [-0.25, -0.2) is 22.7 Å². The average molecular weight is 424 g/mol. The fourth-order valence-electron chi connectivity index (χ4n) is 2.52. The van der Waals surface area contributed by atoms with E-state index in [1.54, 1.807) is 29.5 Å². The quantitative estimate of drug-likeness (QED) is 0.503. The van der Waals surface area contributed by atoms with Gasteiger partial charge in [-0.2, -0.15) is 0 Å². The van der Waals surface area contributed by atoms with Crippen LogP contribution < -0.4 is 10.6 Å². The van der Waals surface area contributed by atoms with E-state index < -0.39 is 10.0 Å². The number of rotatable bonds is 8. The second kappa shape index (κ2) is 9.99. The van der Waals surface area contributed by atoms with Crippen LogP contribution in [0.25, 0.3) is 0 Å². The number of nitrogens with zero attached hydrogens (tertiary/aromatic N) is 3. The summed E-state index contributed by atoms with van der Waals surface area (Å²) >= 11 is 1.71. The summed E-state index contributed by atoms with van der Waals surface area (Å²) < 4.78 is 26.3. The van der Waals surface area contributed by atoms with Crippen LogP contribution >= 0.6 is 11.3 Å². The summed E-state index contributed by atoms with van der Waals surface area (Å²) in [4.78, 5) is 10.6. The number of benzene rings is 1. The Kier molecular flexibility index (Phi) is 7.97. The van der Waals surface area contributed by atoms with E-state index in [9.17, 15) is 8.42 Å². The number of hydrogen-bond acceptors (Lipinski definition) is 5. The summed E-state index contributed by atoms with van der Waals surface area (Å²) in [5, 5.41) is 7.59. The summed E-state index contributed by atoms with van der Waals surface area (Å²) in [6.45, 7) is 7.79. The van der Waals surface area contributed by atoms with Gasteiger partial charge in [0.15, 0.2) is 5.96 Å². The molecule has 1 aromatic carbocycles. The molecule has 9 heteroatoms. The van der Waals surface area contributed by atoms with Crippen molar-refractivity contribution >= 4 is 27.3 Å². The monoisotopic (exact) mass is 423 g/mol. The van der Waals surface area contributed by atoms with Gasteiger partial charge < -0.3 is 10.6 Å². The third-order valence-electron chi connectivity index (χ3n) is 4.19. The van der Waals surface area contributed by atoms with Gasteiger partial charge in [0.2, 0.25) is 10.0 Å². The lowest BCUT2D eigenvalue weighted by atomic mass is 10.2. The lowest BCUT2D eigenvalue weighted by Crippen LogP contribution is -2.38. The van der Waals surface area contributed by atoms with Gasteiger partial charge in [0.25, 0.3) is 0 Å². The standard InChI is InChI=1S/C19H29N5O2S2/c1-6-20-19(21-12-11-18-23-14(2)15(3)27-18)22-13-16-9-7-8-10-17(16)28(25,26)24(4)5/h7-10H,6,11-13H2,1-5H3,(H2,20,21,22). The molecule has 2 N–H and O–H groups in total. The Morgan fingerprint density at radius 1 is 1.21 bits per heavy atom. The highest BCUT2D eigenvalue weighted by Crippen LogP contribution is 2.19. The predicted octanol–water partition coefficient (Wildman–Crippen LogP) is 2.31. The van der Waals surface area contributed by atoms with E-state index in [1.807, 2.05) is 19.9 Å². The maximum Gasteiger partial charge on any atom is 0.242 e. The van der Waals surface area contributed by atoms with Gasteiger partial charge in [-0.15, -0.1) is 11.3 Å². The number of aromatic nitrogens is 1. The van der Waals surface area contributed by atoms with E-state index in [0.29, 0.717) is 18.1 Å².